The van der Waals surface area contributed by atoms with Crippen molar-refractivity contribution in [3.63, 3.8) is 0 Å². The lowest BCUT2D eigenvalue weighted by molar-refractivity contribution is 0.0955. The largest absolute Gasteiger partial charge is 0.507 e. The van der Waals surface area contributed by atoms with Crippen LogP contribution >= 0.6 is 15.9 Å². The second-order valence-corrected chi connectivity index (χ2v) is 7.10. The van der Waals surface area contributed by atoms with E-state index in [1.807, 2.05) is 42.8 Å². The molecule has 0 aliphatic heterocycles. The Morgan fingerprint density at radius 2 is 2.07 bits per heavy atom. The van der Waals surface area contributed by atoms with Crippen LogP contribution in [0.3, 0.4) is 0 Å². The van der Waals surface area contributed by atoms with Gasteiger partial charge in [-0.25, -0.2) is 5.43 Å². The van der Waals surface area contributed by atoms with E-state index < -0.39 is 0 Å². The Morgan fingerprint density at radius 3 is 2.81 bits per heavy atom. The summed E-state index contributed by atoms with van der Waals surface area (Å²) in [5.41, 5.74) is 6.50. The van der Waals surface area contributed by atoms with Gasteiger partial charge in [0.2, 0.25) is 0 Å². The lowest BCUT2D eigenvalue weighted by atomic mass is 10.1. The summed E-state index contributed by atoms with van der Waals surface area (Å²) in [4.78, 5) is 12.3. The van der Waals surface area contributed by atoms with Crippen molar-refractivity contribution in [1.82, 2.24) is 15.2 Å². The molecule has 2 aromatic carbocycles. The van der Waals surface area contributed by atoms with E-state index in [1.165, 1.54) is 6.21 Å². The van der Waals surface area contributed by atoms with Gasteiger partial charge in [0, 0.05) is 21.3 Å². The number of rotatable bonds is 5. The molecule has 0 spiro atoms. The number of aromatic nitrogens is 2. The first kappa shape index (κ1) is 18.8. The molecule has 27 heavy (non-hydrogen) atoms. The summed E-state index contributed by atoms with van der Waals surface area (Å²) in [5.74, 6) is -0.237. The number of aryl methyl sites for hydroxylation is 2. The number of benzene rings is 2. The third-order valence-electron chi connectivity index (χ3n) is 3.98. The number of hydrogen-bond donors (Lipinski definition) is 2. The molecule has 0 saturated carbocycles. The molecule has 0 atom stereocenters. The van der Waals surface area contributed by atoms with E-state index in [0.717, 1.165) is 21.4 Å². The zero-order valence-corrected chi connectivity index (χ0v) is 16.6. The molecule has 0 unspecified atom stereocenters. The van der Waals surface area contributed by atoms with E-state index in [9.17, 15) is 9.90 Å². The number of nitrogens with zero attached hydrogens (tertiary/aromatic N) is 3. The smallest absolute Gasteiger partial charge is 0.271 e. The number of amides is 1. The molecule has 1 heterocycles. The van der Waals surface area contributed by atoms with Gasteiger partial charge >= 0.3 is 0 Å². The van der Waals surface area contributed by atoms with Gasteiger partial charge in [0.15, 0.2) is 0 Å². The molecule has 1 aromatic heterocycles. The van der Waals surface area contributed by atoms with Crippen molar-refractivity contribution in [3.8, 4) is 5.75 Å². The molecule has 6 nitrogen and oxygen atoms in total. The number of aromatic hydroxyl groups is 1. The third kappa shape index (κ3) is 4.83. The van der Waals surface area contributed by atoms with E-state index in [-0.39, 0.29) is 11.7 Å². The van der Waals surface area contributed by atoms with Gasteiger partial charge in [-0.05, 0) is 55.8 Å². The summed E-state index contributed by atoms with van der Waals surface area (Å²) in [7, 11) is 0. The van der Waals surface area contributed by atoms with Crippen LogP contribution in [-0.2, 0) is 6.54 Å². The van der Waals surface area contributed by atoms with Gasteiger partial charge in [0.1, 0.15) is 5.75 Å². The van der Waals surface area contributed by atoms with Crippen LogP contribution in [0.2, 0.25) is 0 Å². The molecule has 2 N–H and O–H groups in total. The molecule has 1 amide bonds. The third-order valence-corrected chi connectivity index (χ3v) is 4.48. The van der Waals surface area contributed by atoms with Gasteiger partial charge in [0.05, 0.1) is 18.5 Å². The zero-order valence-electron chi connectivity index (χ0n) is 15.0. The first-order valence-electron chi connectivity index (χ1n) is 8.34. The number of nitrogens with one attached hydrogen (secondary N) is 1. The fourth-order valence-corrected chi connectivity index (χ4v) is 3.05. The maximum atomic E-state index is 12.3. The number of carbonyl (C=O) groups is 1. The molecule has 0 aliphatic carbocycles. The summed E-state index contributed by atoms with van der Waals surface area (Å²) in [6.45, 7) is 4.55. The highest BCUT2D eigenvalue weighted by Crippen LogP contribution is 2.20. The van der Waals surface area contributed by atoms with Crippen molar-refractivity contribution < 1.29 is 9.90 Å². The Labute approximate surface area is 165 Å². The maximum absolute atomic E-state index is 12.3. The van der Waals surface area contributed by atoms with Crippen LogP contribution in [0.1, 0.15) is 32.9 Å². The van der Waals surface area contributed by atoms with Crippen molar-refractivity contribution in [2.75, 3.05) is 0 Å². The predicted octanol–water partition coefficient (Wildman–Crippen LogP) is 3.78. The number of carbonyl (C=O) groups excluding carboxylic acids is 1. The lowest BCUT2D eigenvalue weighted by Crippen LogP contribution is -2.18. The maximum Gasteiger partial charge on any atom is 0.271 e. The Kier molecular flexibility index (Phi) is 5.71. The number of phenolic OH excluding ortho intramolecular Hbond substituents is 1. The quantitative estimate of drug-likeness (QED) is 0.481. The molecular formula is C20H19BrN4O2. The zero-order chi connectivity index (χ0) is 19.4. The average molecular weight is 427 g/mol. The fraction of sp³-hybridized carbons (Fsp3) is 0.150. The van der Waals surface area contributed by atoms with Crippen LogP contribution in [-0.4, -0.2) is 27.0 Å². The Bertz CT molecular complexity index is 1010. The number of phenols is 1. The molecule has 7 heteroatoms. The average Bonchev–Trinajstić information content (AvgIpc) is 2.95. The van der Waals surface area contributed by atoms with Gasteiger partial charge in [0.25, 0.3) is 5.91 Å². The fourth-order valence-electron chi connectivity index (χ4n) is 2.67. The monoisotopic (exact) mass is 426 g/mol. The highest BCUT2D eigenvalue weighted by molar-refractivity contribution is 9.10. The minimum Gasteiger partial charge on any atom is -0.507 e. The van der Waals surface area contributed by atoms with Crippen LogP contribution in [0.5, 0.6) is 5.75 Å². The first-order valence-corrected chi connectivity index (χ1v) is 9.13. The summed E-state index contributed by atoms with van der Waals surface area (Å²) >= 11 is 3.33. The SMILES string of the molecule is Cc1cc(C)n(Cc2cccc(C(=O)N/N=C/c3cc(Br)ccc3O)c2)n1. The molecule has 0 aliphatic rings. The van der Waals surface area contributed by atoms with Gasteiger partial charge in [-0.3, -0.25) is 9.48 Å². The van der Waals surface area contributed by atoms with Gasteiger partial charge in [-0.15, -0.1) is 0 Å². The Balaban J connectivity index is 1.69. The van der Waals surface area contributed by atoms with E-state index in [1.54, 1.807) is 24.3 Å². The second-order valence-electron chi connectivity index (χ2n) is 6.19. The molecule has 0 bridgehead atoms. The molecule has 0 saturated heterocycles. The van der Waals surface area contributed by atoms with E-state index >= 15 is 0 Å². The minimum atomic E-state index is -0.323. The van der Waals surface area contributed by atoms with Crippen LogP contribution in [0, 0.1) is 13.8 Å². The molecule has 3 rings (SSSR count). The minimum absolute atomic E-state index is 0.0862. The van der Waals surface area contributed by atoms with E-state index in [0.29, 0.717) is 17.7 Å². The van der Waals surface area contributed by atoms with Gasteiger partial charge in [-0.2, -0.15) is 10.2 Å². The highest BCUT2D eigenvalue weighted by atomic mass is 79.9. The summed E-state index contributed by atoms with van der Waals surface area (Å²) < 4.78 is 2.71. The Hall–Kier alpha value is -2.93. The number of hydrazone groups is 1. The molecule has 138 valence electrons. The molecule has 3 aromatic rings. The lowest BCUT2D eigenvalue weighted by Gasteiger charge is -2.07. The van der Waals surface area contributed by atoms with Crippen molar-refractivity contribution >= 4 is 28.1 Å². The standard InChI is InChI=1S/C20H19BrN4O2/c1-13-8-14(2)25(24-13)12-15-4-3-5-16(9-15)20(27)23-22-11-17-10-18(21)6-7-19(17)26/h3-11,26H,12H2,1-2H3,(H,23,27)/b22-11+. The normalized spacial score (nSPS) is 11.1. The van der Waals surface area contributed by atoms with Crippen LogP contribution in [0.25, 0.3) is 0 Å². The van der Waals surface area contributed by atoms with E-state index in [4.69, 9.17) is 0 Å². The summed E-state index contributed by atoms with van der Waals surface area (Å²) in [5, 5.41) is 18.2. The number of halogens is 1. The molecular weight excluding hydrogens is 408 g/mol. The predicted molar refractivity (Wildman–Crippen MR) is 108 cm³/mol. The topological polar surface area (TPSA) is 79.5 Å². The van der Waals surface area contributed by atoms with Crippen LogP contribution in [0.15, 0.2) is 58.1 Å². The van der Waals surface area contributed by atoms with Crippen molar-refractivity contribution in [1.29, 1.82) is 0 Å². The van der Waals surface area contributed by atoms with Gasteiger partial charge < -0.3 is 5.11 Å². The van der Waals surface area contributed by atoms with E-state index in [2.05, 4.69) is 31.6 Å². The highest BCUT2D eigenvalue weighted by Gasteiger charge is 2.07. The first-order chi connectivity index (χ1) is 12.9. The van der Waals surface area contributed by atoms with Gasteiger partial charge in [-0.1, -0.05) is 28.1 Å². The van der Waals surface area contributed by atoms with Crippen molar-refractivity contribution in [3.05, 3.63) is 81.1 Å². The van der Waals surface area contributed by atoms with Crippen LogP contribution in [0.4, 0.5) is 0 Å². The van der Waals surface area contributed by atoms with Crippen molar-refractivity contribution in [2.45, 2.75) is 20.4 Å². The second kappa shape index (κ2) is 8.18. The van der Waals surface area contributed by atoms with Crippen molar-refractivity contribution in [2.24, 2.45) is 5.10 Å². The molecule has 0 radical (unpaired) electrons. The Morgan fingerprint density at radius 1 is 1.26 bits per heavy atom. The summed E-state index contributed by atoms with van der Waals surface area (Å²) in [6, 6.07) is 14.3. The van der Waals surface area contributed by atoms with Crippen LogP contribution < -0.4 is 5.43 Å². The summed E-state index contributed by atoms with van der Waals surface area (Å²) in [6.07, 6.45) is 1.40. The molecule has 0 fully saturated rings. The number of hydrogen-bond acceptors (Lipinski definition) is 4.